The summed E-state index contributed by atoms with van der Waals surface area (Å²) in [5, 5.41) is 6.16. The third kappa shape index (κ3) is 3.87. The molecule has 98 valence electrons. The molecule has 0 aromatic carbocycles. The minimum atomic E-state index is -0.428. The van der Waals surface area contributed by atoms with Crippen LogP contribution in [0.5, 0.6) is 0 Å². The van der Waals surface area contributed by atoms with Crippen molar-refractivity contribution in [1.82, 2.24) is 10.6 Å². The predicted octanol–water partition coefficient (Wildman–Crippen LogP) is 1.60. The number of nitrogens with two attached hydrogens (primary N) is 1. The first-order valence-electron chi connectivity index (χ1n) is 7.02. The van der Waals surface area contributed by atoms with E-state index in [1.807, 2.05) is 0 Å². The monoisotopic (exact) mass is 239 g/mol. The third-order valence-electron chi connectivity index (χ3n) is 4.40. The van der Waals surface area contributed by atoms with Crippen LogP contribution in [0, 0.1) is 11.8 Å². The maximum absolute atomic E-state index is 10.5. The topological polar surface area (TPSA) is 67.2 Å². The van der Waals surface area contributed by atoms with E-state index in [9.17, 15) is 4.79 Å². The molecule has 0 spiro atoms. The highest BCUT2D eigenvalue weighted by Gasteiger charge is 2.31. The van der Waals surface area contributed by atoms with Gasteiger partial charge in [0.05, 0.1) is 0 Å². The number of urea groups is 1. The lowest BCUT2D eigenvalue weighted by Gasteiger charge is -2.39. The maximum atomic E-state index is 10.5. The molecule has 3 atom stereocenters. The molecule has 0 aliphatic heterocycles. The van der Waals surface area contributed by atoms with E-state index in [0.29, 0.717) is 12.6 Å². The smallest absolute Gasteiger partial charge is 0.312 e. The van der Waals surface area contributed by atoms with Crippen LogP contribution in [0.4, 0.5) is 4.79 Å². The standard InChI is InChI=1S/C13H25N3O/c14-13(17)16-8-7-15-12-6-5-10-3-1-2-4-11(10)9-12/h10-12,15H,1-9H2,(H3,14,16,17). The van der Waals surface area contributed by atoms with Crippen LogP contribution in [0.15, 0.2) is 0 Å². The van der Waals surface area contributed by atoms with Crippen molar-refractivity contribution in [3.05, 3.63) is 0 Å². The number of hydrogen-bond donors (Lipinski definition) is 3. The zero-order chi connectivity index (χ0) is 12.1. The Morgan fingerprint density at radius 3 is 2.59 bits per heavy atom. The molecule has 4 heteroatoms. The van der Waals surface area contributed by atoms with Gasteiger partial charge in [-0.25, -0.2) is 4.79 Å². The fourth-order valence-corrected chi connectivity index (χ4v) is 3.52. The average Bonchev–Trinajstić information content (AvgIpc) is 2.34. The van der Waals surface area contributed by atoms with Crippen molar-refractivity contribution in [3.8, 4) is 0 Å². The van der Waals surface area contributed by atoms with Crippen molar-refractivity contribution in [2.45, 2.75) is 51.0 Å². The van der Waals surface area contributed by atoms with E-state index in [1.54, 1.807) is 0 Å². The number of carbonyl (C=O) groups is 1. The fourth-order valence-electron chi connectivity index (χ4n) is 3.52. The molecule has 2 aliphatic carbocycles. The zero-order valence-electron chi connectivity index (χ0n) is 10.6. The van der Waals surface area contributed by atoms with Gasteiger partial charge < -0.3 is 16.4 Å². The summed E-state index contributed by atoms with van der Waals surface area (Å²) >= 11 is 0. The largest absolute Gasteiger partial charge is 0.352 e. The molecule has 17 heavy (non-hydrogen) atoms. The summed E-state index contributed by atoms with van der Waals surface area (Å²) in [4.78, 5) is 10.5. The van der Waals surface area contributed by atoms with E-state index >= 15 is 0 Å². The molecule has 2 fully saturated rings. The van der Waals surface area contributed by atoms with Gasteiger partial charge >= 0.3 is 6.03 Å². The van der Waals surface area contributed by atoms with Gasteiger partial charge in [0.1, 0.15) is 0 Å². The molecule has 3 unspecified atom stereocenters. The number of carbonyl (C=O) groups excluding carboxylic acids is 1. The highest BCUT2D eigenvalue weighted by atomic mass is 16.2. The Hall–Kier alpha value is -0.770. The van der Waals surface area contributed by atoms with Crippen LogP contribution in [0.3, 0.4) is 0 Å². The first kappa shape index (κ1) is 12.7. The SMILES string of the molecule is NC(=O)NCCNC1CCC2CCCCC2C1. The Kier molecular flexibility index (Phi) is 4.66. The van der Waals surface area contributed by atoms with E-state index in [1.165, 1.54) is 44.9 Å². The van der Waals surface area contributed by atoms with Crippen molar-refractivity contribution >= 4 is 6.03 Å². The summed E-state index contributed by atoms with van der Waals surface area (Å²) in [7, 11) is 0. The summed E-state index contributed by atoms with van der Waals surface area (Å²) in [5.41, 5.74) is 5.02. The summed E-state index contributed by atoms with van der Waals surface area (Å²) in [5.74, 6) is 1.96. The fraction of sp³-hybridized carbons (Fsp3) is 0.923. The molecular formula is C13H25N3O. The van der Waals surface area contributed by atoms with Gasteiger partial charge in [-0.1, -0.05) is 25.7 Å². The molecule has 2 saturated carbocycles. The van der Waals surface area contributed by atoms with Crippen molar-refractivity contribution in [2.75, 3.05) is 13.1 Å². The Labute approximate surface area is 104 Å². The lowest BCUT2D eigenvalue weighted by Crippen LogP contribution is -2.42. The highest BCUT2D eigenvalue weighted by molar-refractivity contribution is 5.71. The molecule has 0 saturated heterocycles. The van der Waals surface area contributed by atoms with Crippen LogP contribution in [0.1, 0.15) is 44.9 Å². The molecule has 0 heterocycles. The van der Waals surface area contributed by atoms with Crippen LogP contribution in [-0.2, 0) is 0 Å². The number of hydrogen-bond acceptors (Lipinski definition) is 2. The minimum Gasteiger partial charge on any atom is -0.352 e. The molecule has 2 amide bonds. The molecule has 0 aromatic rings. The summed E-state index contributed by atoms with van der Waals surface area (Å²) < 4.78 is 0. The Bertz CT molecular complexity index is 257. The maximum Gasteiger partial charge on any atom is 0.312 e. The van der Waals surface area contributed by atoms with Crippen LogP contribution in [0.25, 0.3) is 0 Å². The lowest BCUT2D eigenvalue weighted by molar-refractivity contribution is 0.144. The van der Waals surface area contributed by atoms with Crippen molar-refractivity contribution in [3.63, 3.8) is 0 Å². The number of primary amides is 1. The van der Waals surface area contributed by atoms with Gasteiger partial charge in [-0.05, 0) is 31.1 Å². The number of rotatable bonds is 4. The molecule has 0 radical (unpaired) electrons. The van der Waals surface area contributed by atoms with Crippen molar-refractivity contribution < 1.29 is 4.79 Å². The van der Waals surface area contributed by atoms with Crippen molar-refractivity contribution in [2.24, 2.45) is 17.6 Å². The van der Waals surface area contributed by atoms with Crippen LogP contribution < -0.4 is 16.4 Å². The molecule has 0 bridgehead atoms. The second kappa shape index (κ2) is 6.24. The van der Waals surface area contributed by atoms with Gasteiger partial charge in [0.2, 0.25) is 0 Å². The molecule has 4 nitrogen and oxygen atoms in total. The normalized spacial score (nSPS) is 32.8. The minimum absolute atomic E-state index is 0.428. The highest BCUT2D eigenvalue weighted by Crippen LogP contribution is 2.40. The quantitative estimate of drug-likeness (QED) is 0.652. The molecule has 4 N–H and O–H groups in total. The average molecular weight is 239 g/mol. The summed E-state index contributed by atoms with van der Waals surface area (Å²) in [6.07, 6.45) is 9.80. The number of fused-ring (bicyclic) bond motifs is 1. The zero-order valence-corrected chi connectivity index (χ0v) is 10.6. The summed E-state index contributed by atoms with van der Waals surface area (Å²) in [6, 6.07) is 0.229. The first-order valence-corrected chi connectivity index (χ1v) is 7.02. The second-order valence-corrected chi connectivity index (χ2v) is 5.56. The van der Waals surface area contributed by atoms with Gasteiger partial charge in [-0.15, -0.1) is 0 Å². The van der Waals surface area contributed by atoms with Gasteiger partial charge in [0, 0.05) is 19.1 Å². The van der Waals surface area contributed by atoms with Gasteiger partial charge in [0.15, 0.2) is 0 Å². The molecule has 2 aliphatic rings. The Morgan fingerprint density at radius 2 is 1.82 bits per heavy atom. The van der Waals surface area contributed by atoms with Gasteiger partial charge in [-0.3, -0.25) is 0 Å². The Balaban J connectivity index is 1.64. The lowest BCUT2D eigenvalue weighted by atomic mass is 9.69. The van der Waals surface area contributed by atoms with Crippen molar-refractivity contribution in [1.29, 1.82) is 0 Å². The third-order valence-corrected chi connectivity index (χ3v) is 4.40. The second-order valence-electron chi connectivity index (χ2n) is 5.56. The number of amides is 2. The van der Waals surface area contributed by atoms with E-state index in [4.69, 9.17) is 5.73 Å². The van der Waals surface area contributed by atoms with Gasteiger partial charge in [0.25, 0.3) is 0 Å². The Morgan fingerprint density at radius 1 is 1.06 bits per heavy atom. The van der Waals surface area contributed by atoms with E-state index in [-0.39, 0.29) is 0 Å². The van der Waals surface area contributed by atoms with E-state index in [0.717, 1.165) is 18.4 Å². The molecular weight excluding hydrogens is 214 g/mol. The van der Waals surface area contributed by atoms with E-state index in [2.05, 4.69) is 10.6 Å². The first-order chi connectivity index (χ1) is 8.25. The van der Waals surface area contributed by atoms with Gasteiger partial charge in [-0.2, -0.15) is 0 Å². The van der Waals surface area contributed by atoms with Crippen LogP contribution in [-0.4, -0.2) is 25.2 Å². The predicted molar refractivity (Wildman–Crippen MR) is 68.7 cm³/mol. The van der Waals surface area contributed by atoms with Crippen LogP contribution >= 0.6 is 0 Å². The molecule has 2 rings (SSSR count). The number of nitrogens with one attached hydrogen (secondary N) is 2. The van der Waals surface area contributed by atoms with Crippen LogP contribution in [0.2, 0.25) is 0 Å². The summed E-state index contributed by atoms with van der Waals surface area (Å²) in [6.45, 7) is 1.48. The van der Waals surface area contributed by atoms with E-state index < -0.39 is 6.03 Å². The molecule has 0 aromatic heterocycles.